The molecule has 0 bridgehead atoms. The molecule has 4 heteroatoms. The maximum atomic E-state index is 11.2. The van der Waals surface area contributed by atoms with Gasteiger partial charge in [-0.3, -0.25) is 4.79 Å². The molecule has 4 aliphatic carbocycles. The number of carbonyl (C=O) groups is 1. The lowest BCUT2D eigenvalue weighted by molar-refractivity contribution is -0.174. The molecule has 0 radical (unpaired) electrons. The second kappa shape index (κ2) is 7.27. The number of aliphatic hydroxyl groups is 2. The van der Waals surface area contributed by atoms with Gasteiger partial charge in [0.25, 0.3) is 0 Å². The minimum atomic E-state index is -0.684. The molecule has 0 saturated heterocycles. The molecular formula is C24H40O4. The Morgan fingerprint density at radius 1 is 1.00 bits per heavy atom. The zero-order chi connectivity index (χ0) is 20.3. The molecule has 0 amide bonds. The van der Waals surface area contributed by atoms with Gasteiger partial charge in [-0.15, -0.1) is 0 Å². The molecule has 0 aromatic carbocycles. The summed E-state index contributed by atoms with van der Waals surface area (Å²) in [7, 11) is 0. The Morgan fingerprint density at radius 3 is 2.39 bits per heavy atom. The number of aliphatic carboxylic acids is 1. The molecule has 28 heavy (non-hydrogen) atoms. The van der Waals surface area contributed by atoms with Crippen LogP contribution in [0.2, 0.25) is 0 Å². The maximum absolute atomic E-state index is 11.2. The van der Waals surface area contributed by atoms with Gasteiger partial charge in [0, 0.05) is 6.42 Å². The Balaban J connectivity index is 1.55. The predicted molar refractivity (Wildman–Crippen MR) is 109 cm³/mol. The number of hydrogen-bond donors (Lipinski definition) is 3. The average Bonchev–Trinajstić information content (AvgIpc) is 2.98. The molecule has 3 N–H and O–H groups in total. The first-order chi connectivity index (χ1) is 13.2. The minimum absolute atomic E-state index is 0.179. The van der Waals surface area contributed by atoms with Crippen LogP contribution < -0.4 is 0 Å². The molecule has 4 fully saturated rings. The van der Waals surface area contributed by atoms with E-state index in [0.29, 0.717) is 35.5 Å². The number of fused-ring (bicyclic) bond motifs is 5. The van der Waals surface area contributed by atoms with Crippen molar-refractivity contribution in [2.75, 3.05) is 0 Å². The fraction of sp³-hybridized carbons (Fsp3) is 0.958. The van der Waals surface area contributed by atoms with Gasteiger partial charge in [0.05, 0.1) is 12.2 Å². The summed E-state index contributed by atoms with van der Waals surface area (Å²) in [5.74, 6) is 2.36. The first-order valence-corrected chi connectivity index (χ1v) is 11.7. The SMILES string of the molecule is C[C@H](CCC(=O)O)[C@@H]1CC[C@H]2[C@H]3[C@H](O)C[C@H]4C[C@@H](O)CC[C@]4(C)[C@@H]3CC[C@@]21C. The maximum Gasteiger partial charge on any atom is 0.303 e. The largest absolute Gasteiger partial charge is 0.481 e. The van der Waals surface area contributed by atoms with Crippen LogP contribution in [0.1, 0.15) is 85.0 Å². The molecule has 4 nitrogen and oxygen atoms in total. The van der Waals surface area contributed by atoms with Gasteiger partial charge in [-0.05, 0) is 104 Å². The molecule has 0 aromatic rings. The molecule has 0 unspecified atom stereocenters. The van der Waals surface area contributed by atoms with E-state index in [4.69, 9.17) is 5.11 Å². The smallest absolute Gasteiger partial charge is 0.303 e. The van der Waals surface area contributed by atoms with Crippen molar-refractivity contribution in [3.05, 3.63) is 0 Å². The van der Waals surface area contributed by atoms with E-state index in [2.05, 4.69) is 20.8 Å². The second-order valence-electron chi connectivity index (χ2n) is 11.4. The van der Waals surface area contributed by atoms with Crippen LogP contribution in [0.3, 0.4) is 0 Å². The van der Waals surface area contributed by atoms with Gasteiger partial charge < -0.3 is 15.3 Å². The van der Waals surface area contributed by atoms with E-state index >= 15 is 0 Å². The van der Waals surface area contributed by atoms with Crippen molar-refractivity contribution < 1.29 is 20.1 Å². The standard InChI is InChI=1S/C24H40O4/c1-14(4-7-21(27)28)17-5-6-18-22-19(9-11-24(17,18)3)23(2)10-8-16(25)12-15(23)13-20(22)26/h14-20,22,25-26H,4-13H2,1-3H3,(H,27,28)/t14-,15-,16+,17+,18+,19-,20-,22-,23+,24-/m1/s1. The Kier molecular flexibility index (Phi) is 5.36. The third-order valence-electron chi connectivity index (χ3n) is 10.2. The van der Waals surface area contributed by atoms with E-state index < -0.39 is 5.97 Å². The van der Waals surface area contributed by atoms with Crippen LogP contribution in [-0.4, -0.2) is 33.5 Å². The number of carboxylic acids is 1. The zero-order valence-electron chi connectivity index (χ0n) is 17.9. The van der Waals surface area contributed by atoms with E-state index in [9.17, 15) is 15.0 Å². The molecule has 0 heterocycles. The topological polar surface area (TPSA) is 77.8 Å². The molecule has 4 saturated carbocycles. The van der Waals surface area contributed by atoms with E-state index in [0.717, 1.165) is 32.1 Å². The number of carboxylic acid groups (broad SMARTS) is 1. The molecule has 0 spiro atoms. The summed E-state index contributed by atoms with van der Waals surface area (Å²) in [6, 6.07) is 0. The van der Waals surface area contributed by atoms with Gasteiger partial charge in [-0.1, -0.05) is 20.8 Å². The highest BCUT2D eigenvalue weighted by Gasteiger charge is 2.62. The fourth-order valence-corrected chi connectivity index (χ4v) is 8.73. The summed E-state index contributed by atoms with van der Waals surface area (Å²) in [6.07, 6.45) is 9.19. The zero-order valence-corrected chi connectivity index (χ0v) is 17.9. The quantitative estimate of drug-likeness (QED) is 0.659. The highest BCUT2D eigenvalue weighted by atomic mass is 16.4. The summed E-state index contributed by atoms with van der Waals surface area (Å²) in [5, 5.41) is 30.5. The summed E-state index contributed by atoms with van der Waals surface area (Å²) in [6.45, 7) is 7.16. The van der Waals surface area contributed by atoms with Crippen molar-refractivity contribution in [1.29, 1.82) is 0 Å². The van der Waals surface area contributed by atoms with Gasteiger partial charge in [0.1, 0.15) is 0 Å². The van der Waals surface area contributed by atoms with Crippen molar-refractivity contribution >= 4 is 5.97 Å². The van der Waals surface area contributed by atoms with Crippen LogP contribution in [0, 0.1) is 46.3 Å². The third-order valence-corrected chi connectivity index (χ3v) is 10.2. The van der Waals surface area contributed by atoms with Crippen molar-refractivity contribution in [3.8, 4) is 0 Å². The predicted octanol–water partition coefficient (Wildman–Crippen LogP) is 4.48. The van der Waals surface area contributed by atoms with Crippen LogP contribution in [0.5, 0.6) is 0 Å². The summed E-state index contributed by atoms with van der Waals surface area (Å²) in [4.78, 5) is 11.1. The van der Waals surface area contributed by atoms with Gasteiger partial charge in [0.2, 0.25) is 0 Å². The van der Waals surface area contributed by atoms with E-state index in [1.807, 2.05) is 0 Å². The van der Waals surface area contributed by atoms with Crippen LogP contribution in [0.15, 0.2) is 0 Å². The van der Waals surface area contributed by atoms with E-state index in [-0.39, 0.29) is 29.5 Å². The lowest BCUT2D eigenvalue weighted by Gasteiger charge is -2.62. The highest BCUT2D eigenvalue weighted by Crippen LogP contribution is 2.68. The average molecular weight is 393 g/mol. The van der Waals surface area contributed by atoms with Crippen molar-refractivity contribution in [2.24, 2.45) is 46.3 Å². The minimum Gasteiger partial charge on any atom is -0.481 e. The molecule has 0 aromatic heterocycles. The van der Waals surface area contributed by atoms with Crippen molar-refractivity contribution in [3.63, 3.8) is 0 Å². The summed E-state index contributed by atoms with van der Waals surface area (Å²) < 4.78 is 0. The van der Waals surface area contributed by atoms with Crippen LogP contribution in [0.4, 0.5) is 0 Å². The van der Waals surface area contributed by atoms with Crippen molar-refractivity contribution in [2.45, 2.75) is 97.2 Å². The van der Waals surface area contributed by atoms with Crippen LogP contribution >= 0.6 is 0 Å². The Morgan fingerprint density at radius 2 is 1.68 bits per heavy atom. The van der Waals surface area contributed by atoms with Gasteiger partial charge in [-0.2, -0.15) is 0 Å². The van der Waals surface area contributed by atoms with E-state index in [1.165, 1.54) is 25.7 Å². The molecule has 0 aliphatic heterocycles. The summed E-state index contributed by atoms with van der Waals surface area (Å²) >= 11 is 0. The highest BCUT2D eigenvalue weighted by molar-refractivity contribution is 5.66. The number of rotatable bonds is 4. The Hall–Kier alpha value is -0.610. The Bertz CT molecular complexity index is 605. The third kappa shape index (κ3) is 3.14. The normalized spacial score (nSPS) is 51.7. The van der Waals surface area contributed by atoms with Crippen LogP contribution in [0.25, 0.3) is 0 Å². The molecule has 10 atom stereocenters. The van der Waals surface area contributed by atoms with Gasteiger partial charge in [0.15, 0.2) is 0 Å². The van der Waals surface area contributed by atoms with E-state index in [1.54, 1.807) is 0 Å². The monoisotopic (exact) mass is 392 g/mol. The summed E-state index contributed by atoms with van der Waals surface area (Å²) in [5.41, 5.74) is 0.523. The van der Waals surface area contributed by atoms with Crippen molar-refractivity contribution in [1.82, 2.24) is 0 Å². The second-order valence-corrected chi connectivity index (χ2v) is 11.4. The fourth-order valence-electron chi connectivity index (χ4n) is 8.73. The molecule has 160 valence electrons. The molecule has 4 aliphatic rings. The van der Waals surface area contributed by atoms with Gasteiger partial charge in [-0.25, -0.2) is 0 Å². The number of aliphatic hydroxyl groups excluding tert-OH is 2. The first kappa shape index (κ1) is 20.7. The number of hydrogen-bond acceptors (Lipinski definition) is 3. The lowest BCUT2D eigenvalue weighted by atomic mass is 9.43. The lowest BCUT2D eigenvalue weighted by Crippen LogP contribution is -2.58. The molecule has 4 rings (SSSR count). The van der Waals surface area contributed by atoms with Crippen LogP contribution in [-0.2, 0) is 4.79 Å². The molecular weight excluding hydrogens is 352 g/mol. The van der Waals surface area contributed by atoms with Gasteiger partial charge >= 0.3 is 5.97 Å². The first-order valence-electron chi connectivity index (χ1n) is 11.7. The Labute approximate surface area is 170 Å².